The minimum atomic E-state index is 0.675. The fraction of sp³-hybridized carbons (Fsp3) is 0.0526. The number of aryl methyl sites for hydroxylation is 1. The van der Waals surface area contributed by atoms with Gasteiger partial charge < -0.3 is 10.3 Å². The Kier molecular flexibility index (Phi) is 3.67. The smallest absolute Gasteiger partial charge is 0.163 e. The summed E-state index contributed by atoms with van der Waals surface area (Å²) in [7, 11) is 0. The van der Waals surface area contributed by atoms with Gasteiger partial charge in [-0.3, -0.25) is 0 Å². The van der Waals surface area contributed by atoms with E-state index in [1.54, 1.807) is 0 Å². The number of anilines is 2. The minimum absolute atomic E-state index is 0.675. The van der Waals surface area contributed by atoms with Crippen molar-refractivity contribution < 1.29 is 0 Å². The van der Waals surface area contributed by atoms with Gasteiger partial charge in [0.2, 0.25) is 0 Å². The largest absolute Gasteiger partial charge is 0.343 e. The van der Waals surface area contributed by atoms with Crippen LogP contribution in [0.5, 0.6) is 0 Å². The molecule has 4 rings (SSSR count). The molecule has 2 aromatic carbocycles. The number of nitrogens with one attached hydrogen (secondary N) is 2. The highest BCUT2D eigenvalue weighted by molar-refractivity contribution is 6.30. The highest BCUT2D eigenvalue weighted by Crippen LogP contribution is 2.28. The third kappa shape index (κ3) is 2.84. The first kappa shape index (κ1) is 14.7. The van der Waals surface area contributed by atoms with Crippen LogP contribution in [0, 0.1) is 6.92 Å². The molecule has 0 unspecified atom stereocenters. The Labute approximate surface area is 144 Å². The van der Waals surface area contributed by atoms with E-state index in [1.165, 1.54) is 0 Å². The molecule has 0 saturated carbocycles. The number of hydrogen-bond acceptors (Lipinski definition) is 3. The van der Waals surface area contributed by atoms with Crippen molar-refractivity contribution in [2.24, 2.45) is 0 Å². The van der Waals surface area contributed by atoms with Crippen molar-refractivity contribution in [1.29, 1.82) is 0 Å². The average Bonchev–Trinajstić information content (AvgIpc) is 2.96. The summed E-state index contributed by atoms with van der Waals surface area (Å²) in [5.74, 6) is 1.43. The van der Waals surface area contributed by atoms with Gasteiger partial charge in [-0.2, -0.15) is 0 Å². The zero-order chi connectivity index (χ0) is 16.5. The summed E-state index contributed by atoms with van der Waals surface area (Å²) in [6, 6.07) is 19.6. The predicted molar refractivity (Wildman–Crippen MR) is 98.8 cm³/mol. The van der Waals surface area contributed by atoms with Crippen molar-refractivity contribution in [3.8, 4) is 11.4 Å². The Bertz CT molecular complexity index is 1010. The summed E-state index contributed by atoms with van der Waals surface area (Å²) in [5.41, 5.74) is 3.71. The fourth-order valence-electron chi connectivity index (χ4n) is 2.66. The molecule has 4 aromatic rings. The molecule has 2 heterocycles. The molecule has 0 saturated heterocycles. The lowest BCUT2D eigenvalue weighted by Crippen LogP contribution is -1.98. The third-order valence-electron chi connectivity index (χ3n) is 3.74. The number of H-pyrrole nitrogens is 1. The van der Waals surface area contributed by atoms with E-state index < -0.39 is 0 Å². The second kappa shape index (κ2) is 5.98. The van der Waals surface area contributed by atoms with Gasteiger partial charge in [-0.15, -0.1) is 0 Å². The van der Waals surface area contributed by atoms with Crippen molar-refractivity contribution in [2.75, 3.05) is 5.32 Å². The fourth-order valence-corrected chi connectivity index (χ4v) is 2.85. The van der Waals surface area contributed by atoms with Crippen LogP contribution in [0.25, 0.3) is 22.4 Å². The number of benzene rings is 2. The number of hydrogen-bond donors (Lipinski definition) is 2. The lowest BCUT2D eigenvalue weighted by molar-refractivity contribution is 1.19. The van der Waals surface area contributed by atoms with Crippen molar-refractivity contribution in [3.63, 3.8) is 0 Å². The maximum atomic E-state index is 6.08. The van der Waals surface area contributed by atoms with Gasteiger partial charge >= 0.3 is 0 Å². The SMILES string of the molecule is Cc1cc2c(Nc3cccc(Cl)c3)nc(-c3ccccc3)nc2[nH]1. The number of fused-ring (bicyclic) bond motifs is 1. The lowest BCUT2D eigenvalue weighted by Gasteiger charge is -2.09. The first-order valence-corrected chi connectivity index (χ1v) is 8.02. The molecule has 0 aliphatic carbocycles. The van der Waals surface area contributed by atoms with E-state index in [0.717, 1.165) is 33.8 Å². The number of rotatable bonds is 3. The standard InChI is InChI=1S/C19H15ClN4/c1-12-10-16-18(21-12)23-17(13-6-3-2-4-7-13)24-19(16)22-15-9-5-8-14(20)11-15/h2-11H,1H3,(H2,21,22,23,24). The summed E-state index contributed by atoms with van der Waals surface area (Å²) >= 11 is 6.08. The van der Waals surface area contributed by atoms with E-state index in [9.17, 15) is 0 Å². The number of aromatic amines is 1. The number of aromatic nitrogens is 3. The molecule has 2 aromatic heterocycles. The van der Waals surface area contributed by atoms with Crippen LogP contribution in [-0.4, -0.2) is 15.0 Å². The predicted octanol–water partition coefficient (Wildman–Crippen LogP) is 5.33. The van der Waals surface area contributed by atoms with Crippen LogP contribution in [0.1, 0.15) is 5.69 Å². The van der Waals surface area contributed by atoms with E-state index in [0.29, 0.717) is 10.8 Å². The summed E-state index contributed by atoms with van der Waals surface area (Å²) in [6.45, 7) is 2.01. The molecule has 0 bridgehead atoms. The van der Waals surface area contributed by atoms with Crippen LogP contribution in [0.15, 0.2) is 60.7 Å². The topological polar surface area (TPSA) is 53.6 Å². The second-order valence-electron chi connectivity index (χ2n) is 5.61. The molecule has 0 amide bonds. The van der Waals surface area contributed by atoms with Crippen LogP contribution in [0.4, 0.5) is 11.5 Å². The Morgan fingerprint density at radius 3 is 2.58 bits per heavy atom. The van der Waals surface area contributed by atoms with Gasteiger partial charge in [0.25, 0.3) is 0 Å². The van der Waals surface area contributed by atoms with Crippen molar-refractivity contribution in [3.05, 3.63) is 71.4 Å². The Hall–Kier alpha value is -2.85. The molecule has 0 spiro atoms. The molecule has 0 aliphatic heterocycles. The zero-order valence-electron chi connectivity index (χ0n) is 13.0. The Morgan fingerprint density at radius 1 is 0.958 bits per heavy atom. The Balaban J connectivity index is 1.86. The van der Waals surface area contributed by atoms with Crippen LogP contribution < -0.4 is 5.32 Å². The lowest BCUT2D eigenvalue weighted by atomic mass is 10.2. The summed E-state index contributed by atoms with van der Waals surface area (Å²) in [5, 5.41) is 4.99. The molecule has 4 nitrogen and oxygen atoms in total. The van der Waals surface area contributed by atoms with Gasteiger partial charge in [0, 0.05) is 22.0 Å². The Morgan fingerprint density at radius 2 is 1.79 bits per heavy atom. The minimum Gasteiger partial charge on any atom is -0.343 e. The quantitative estimate of drug-likeness (QED) is 0.532. The molecular weight excluding hydrogens is 320 g/mol. The van der Waals surface area contributed by atoms with Gasteiger partial charge in [-0.25, -0.2) is 9.97 Å². The van der Waals surface area contributed by atoms with Crippen molar-refractivity contribution >= 4 is 34.1 Å². The van der Waals surface area contributed by atoms with Crippen LogP contribution >= 0.6 is 11.6 Å². The van der Waals surface area contributed by atoms with Gasteiger partial charge in [-0.1, -0.05) is 48.0 Å². The molecule has 0 fully saturated rings. The van der Waals surface area contributed by atoms with Gasteiger partial charge in [0.1, 0.15) is 11.5 Å². The summed E-state index contributed by atoms with van der Waals surface area (Å²) in [6.07, 6.45) is 0. The molecule has 118 valence electrons. The zero-order valence-corrected chi connectivity index (χ0v) is 13.8. The molecular formula is C19H15ClN4. The van der Waals surface area contributed by atoms with Gasteiger partial charge in [0.15, 0.2) is 5.82 Å². The van der Waals surface area contributed by atoms with Crippen LogP contribution in [0.2, 0.25) is 5.02 Å². The van der Waals surface area contributed by atoms with E-state index >= 15 is 0 Å². The third-order valence-corrected chi connectivity index (χ3v) is 3.98. The van der Waals surface area contributed by atoms with E-state index in [2.05, 4.69) is 15.3 Å². The maximum Gasteiger partial charge on any atom is 0.163 e. The second-order valence-corrected chi connectivity index (χ2v) is 6.05. The molecule has 0 radical (unpaired) electrons. The van der Waals surface area contributed by atoms with Crippen LogP contribution in [0.3, 0.4) is 0 Å². The highest BCUT2D eigenvalue weighted by atomic mass is 35.5. The van der Waals surface area contributed by atoms with Crippen molar-refractivity contribution in [1.82, 2.24) is 15.0 Å². The van der Waals surface area contributed by atoms with E-state index in [-0.39, 0.29) is 0 Å². The molecule has 0 aliphatic rings. The average molecular weight is 335 g/mol. The van der Waals surface area contributed by atoms with Gasteiger partial charge in [0.05, 0.1) is 5.39 Å². The normalized spacial score (nSPS) is 10.9. The first-order chi connectivity index (χ1) is 11.7. The highest BCUT2D eigenvalue weighted by Gasteiger charge is 2.12. The monoisotopic (exact) mass is 334 g/mol. The van der Waals surface area contributed by atoms with Gasteiger partial charge in [-0.05, 0) is 31.2 Å². The number of nitrogens with zero attached hydrogens (tertiary/aromatic N) is 2. The first-order valence-electron chi connectivity index (χ1n) is 7.64. The van der Waals surface area contributed by atoms with Crippen LogP contribution in [-0.2, 0) is 0 Å². The van der Waals surface area contributed by atoms with E-state index in [1.807, 2.05) is 67.6 Å². The van der Waals surface area contributed by atoms with E-state index in [4.69, 9.17) is 16.6 Å². The summed E-state index contributed by atoms with van der Waals surface area (Å²) < 4.78 is 0. The summed E-state index contributed by atoms with van der Waals surface area (Å²) in [4.78, 5) is 12.7. The molecule has 5 heteroatoms. The molecule has 2 N–H and O–H groups in total. The van der Waals surface area contributed by atoms with Crippen molar-refractivity contribution in [2.45, 2.75) is 6.92 Å². The number of halogens is 1. The maximum absolute atomic E-state index is 6.08. The molecule has 0 atom stereocenters. The molecule has 24 heavy (non-hydrogen) atoms.